The summed E-state index contributed by atoms with van der Waals surface area (Å²) in [6, 6.07) is 0. The SMILES string of the molecule is CCCCCCCC(Cl)Br. The third-order valence-corrected chi connectivity index (χ3v) is 2.20. The molecule has 0 bridgehead atoms. The molecule has 0 aromatic heterocycles. The maximum absolute atomic E-state index is 5.71. The van der Waals surface area contributed by atoms with Gasteiger partial charge in [-0.3, -0.25) is 0 Å². The van der Waals surface area contributed by atoms with Gasteiger partial charge in [0.2, 0.25) is 0 Å². The zero-order chi connectivity index (χ0) is 7.82. The van der Waals surface area contributed by atoms with Crippen molar-refractivity contribution in [3.63, 3.8) is 0 Å². The third-order valence-electron chi connectivity index (χ3n) is 1.53. The van der Waals surface area contributed by atoms with E-state index in [9.17, 15) is 0 Å². The van der Waals surface area contributed by atoms with E-state index in [1.54, 1.807) is 0 Å². The molecule has 0 fully saturated rings. The van der Waals surface area contributed by atoms with Crippen LogP contribution in [0.5, 0.6) is 0 Å². The van der Waals surface area contributed by atoms with Crippen molar-refractivity contribution < 1.29 is 0 Å². The smallest absolute Gasteiger partial charge is 0.0886 e. The highest BCUT2D eigenvalue weighted by Crippen LogP contribution is 2.15. The number of alkyl halides is 2. The van der Waals surface area contributed by atoms with Crippen molar-refractivity contribution >= 4 is 27.5 Å². The summed E-state index contributed by atoms with van der Waals surface area (Å²) in [7, 11) is 0. The molecule has 0 radical (unpaired) electrons. The van der Waals surface area contributed by atoms with Crippen LogP contribution in [0.15, 0.2) is 0 Å². The molecule has 2 heteroatoms. The van der Waals surface area contributed by atoms with Crippen LogP contribution in [0.25, 0.3) is 0 Å². The maximum Gasteiger partial charge on any atom is 0.0886 e. The molecule has 62 valence electrons. The fraction of sp³-hybridized carbons (Fsp3) is 1.00. The first-order valence-electron chi connectivity index (χ1n) is 4.05. The fourth-order valence-corrected chi connectivity index (χ4v) is 1.38. The number of halogens is 2. The minimum atomic E-state index is 0.189. The normalized spacial score (nSPS) is 13.5. The Morgan fingerprint density at radius 3 is 2.30 bits per heavy atom. The molecular formula is C8H16BrCl. The molecule has 0 nitrogen and oxygen atoms in total. The van der Waals surface area contributed by atoms with Gasteiger partial charge in [-0.15, -0.1) is 11.6 Å². The van der Waals surface area contributed by atoms with E-state index in [2.05, 4.69) is 22.9 Å². The summed E-state index contributed by atoms with van der Waals surface area (Å²) in [5, 5.41) is 0. The molecule has 0 amide bonds. The first-order valence-corrected chi connectivity index (χ1v) is 5.40. The Kier molecular flexibility index (Phi) is 8.48. The van der Waals surface area contributed by atoms with Crippen molar-refractivity contribution in [1.29, 1.82) is 0 Å². The minimum Gasteiger partial charge on any atom is -0.110 e. The Bertz CT molecular complexity index is 64.3. The molecule has 1 unspecified atom stereocenters. The second-order valence-electron chi connectivity index (χ2n) is 2.59. The number of unbranched alkanes of at least 4 members (excludes halogenated alkanes) is 4. The predicted octanol–water partition coefficient (Wildman–Crippen LogP) is 4.31. The van der Waals surface area contributed by atoms with Crippen LogP contribution >= 0.6 is 27.5 Å². The van der Waals surface area contributed by atoms with E-state index in [0.717, 1.165) is 6.42 Å². The molecule has 0 heterocycles. The van der Waals surface area contributed by atoms with Crippen LogP contribution in [0.3, 0.4) is 0 Å². The quantitative estimate of drug-likeness (QED) is 0.469. The molecule has 0 aliphatic rings. The first kappa shape index (κ1) is 10.8. The summed E-state index contributed by atoms with van der Waals surface area (Å²) >= 11 is 9.02. The van der Waals surface area contributed by atoms with E-state index < -0.39 is 0 Å². The highest BCUT2D eigenvalue weighted by Gasteiger charge is 1.96. The van der Waals surface area contributed by atoms with Crippen LogP contribution in [-0.2, 0) is 0 Å². The van der Waals surface area contributed by atoms with Crippen LogP contribution in [-0.4, -0.2) is 4.29 Å². The molecule has 0 aliphatic carbocycles. The summed E-state index contributed by atoms with van der Waals surface area (Å²) in [4.78, 5) is 0. The molecular weight excluding hydrogens is 211 g/mol. The van der Waals surface area contributed by atoms with Crippen LogP contribution < -0.4 is 0 Å². The Morgan fingerprint density at radius 1 is 1.20 bits per heavy atom. The highest BCUT2D eigenvalue weighted by atomic mass is 79.9. The van der Waals surface area contributed by atoms with Crippen molar-refractivity contribution in [3.05, 3.63) is 0 Å². The van der Waals surface area contributed by atoms with Gasteiger partial charge in [0.1, 0.15) is 0 Å². The Balaban J connectivity index is 2.77. The van der Waals surface area contributed by atoms with E-state index in [0.29, 0.717) is 0 Å². The molecule has 0 aromatic rings. The summed E-state index contributed by atoms with van der Waals surface area (Å²) in [5.74, 6) is 0. The summed E-state index contributed by atoms with van der Waals surface area (Å²) < 4.78 is 0.189. The molecule has 0 aromatic carbocycles. The number of hydrogen-bond donors (Lipinski definition) is 0. The van der Waals surface area contributed by atoms with Gasteiger partial charge in [0, 0.05) is 0 Å². The average molecular weight is 228 g/mol. The van der Waals surface area contributed by atoms with Gasteiger partial charge < -0.3 is 0 Å². The monoisotopic (exact) mass is 226 g/mol. The van der Waals surface area contributed by atoms with Gasteiger partial charge in [-0.25, -0.2) is 0 Å². The lowest BCUT2D eigenvalue weighted by molar-refractivity contribution is 0.622. The van der Waals surface area contributed by atoms with Crippen molar-refractivity contribution in [1.82, 2.24) is 0 Å². The Morgan fingerprint density at radius 2 is 1.80 bits per heavy atom. The molecule has 0 saturated heterocycles. The number of hydrogen-bond acceptors (Lipinski definition) is 0. The van der Waals surface area contributed by atoms with Crippen molar-refractivity contribution in [2.75, 3.05) is 0 Å². The number of rotatable bonds is 6. The maximum atomic E-state index is 5.71. The van der Waals surface area contributed by atoms with Crippen LogP contribution in [0.1, 0.15) is 45.4 Å². The third kappa shape index (κ3) is 8.77. The van der Waals surface area contributed by atoms with Crippen molar-refractivity contribution in [2.45, 2.75) is 49.7 Å². The molecule has 0 N–H and O–H groups in total. The van der Waals surface area contributed by atoms with Crippen molar-refractivity contribution in [3.8, 4) is 0 Å². The van der Waals surface area contributed by atoms with Gasteiger partial charge in [-0.1, -0.05) is 55.0 Å². The second-order valence-corrected chi connectivity index (χ2v) is 4.75. The van der Waals surface area contributed by atoms with E-state index in [-0.39, 0.29) is 4.29 Å². The standard InChI is InChI=1S/C8H16BrCl/c1-2-3-4-5-6-7-8(9)10/h8H,2-7H2,1H3. The topological polar surface area (TPSA) is 0 Å². The Labute approximate surface area is 77.5 Å². The Hall–Kier alpha value is 0.770. The van der Waals surface area contributed by atoms with Gasteiger partial charge in [0.25, 0.3) is 0 Å². The fourth-order valence-electron chi connectivity index (χ4n) is 0.902. The van der Waals surface area contributed by atoms with Gasteiger partial charge >= 0.3 is 0 Å². The molecule has 0 aliphatic heterocycles. The van der Waals surface area contributed by atoms with E-state index >= 15 is 0 Å². The molecule has 0 saturated carbocycles. The lowest BCUT2D eigenvalue weighted by atomic mass is 10.1. The van der Waals surface area contributed by atoms with E-state index in [1.807, 2.05) is 0 Å². The molecule has 0 spiro atoms. The summed E-state index contributed by atoms with van der Waals surface area (Å²) in [5.41, 5.74) is 0. The van der Waals surface area contributed by atoms with Gasteiger partial charge in [0.15, 0.2) is 0 Å². The van der Waals surface area contributed by atoms with E-state index in [4.69, 9.17) is 11.6 Å². The lowest BCUT2D eigenvalue weighted by Gasteiger charge is -1.99. The highest BCUT2D eigenvalue weighted by molar-refractivity contribution is 9.10. The lowest BCUT2D eigenvalue weighted by Crippen LogP contribution is -1.85. The predicted molar refractivity (Wildman–Crippen MR) is 51.9 cm³/mol. The molecule has 0 rings (SSSR count). The minimum absolute atomic E-state index is 0.189. The first-order chi connectivity index (χ1) is 4.77. The van der Waals surface area contributed by atoms with Crippen LogP contribution in [0.2, 0.25) is 0 Å². The molecule has 10 heavy (non-hydrogen) atoms. The van der Waals surface area contributed by atoms with Crippen molar-refractivity contribution in [2.24, 2.45) is 0 Å². The largest absolute Gasteiger partial charge is 0.110 e. The van der Waals surface area contributed by atoms with Gasteiger partial charge in [0.05, 0.1) is 4.29 Å². The van der Waals surface area contributed by atoms with Gasteiger partial charge in [-0.05, 0) is 6.42 Å². The summed E-state index contributed by atoms with van der Waals surface area (Å²) in [6.07, 6.45) is 7.76. The molecule has 1 atom stereocenters. The zero-order valence-corrected chi connectivity index (χ0v) is 8.92. The van der Waals surface area contributed by atoms with Crippen LogP contribution in [0, 0.1) is 0 Å². The zero-order valence-electron chi connectivity index (χ0n) is 6.58. The van der Waals surface area contributed by atoms with Gasteiger partial charge in [-0.2, -0.15) is 0 Å². The summed E-state index contributed by atoms with van der Waals surface area (Å²) in [6.45, 7) is 2.23. The van der Waals surface area contributed by atoms with Crippen LogP contribution in [0.4, 0.5) is 0 Å². The second kappa shape index (κ2) is 7.87. The van der Waals surface area contributed by atoms with E-state index in [1.165, 1.54) is 32.1 Å². The average Bonchev–Trinajstić information content (AvgIpc) is 1.87.